The minimum Gasteiger partial charge on any atom is -0.313 e. The number of unbranched alkanes of at least 4 members (excludes halogenated alkanes) is 2. The van der Waals surface area contributed by atoms with E-state index in [1.54, 1.807) is 5.54 Å². The van der Waals surface area contributed by atoms with Gasteiger partial charge in [0.2, 0.25) is 0 Å². The quantitative estimate of drug-likeness (QED) is 0.496. The lowest BCUT2D eigenvalue weighted by Gasteiger charge is -2.02. The van der Waals surface area contributed by atoms with Crippen molar-refractivity contribution in [3.8, 4) is 12.3 Å². The molecule has 0 unspecified atom stereocenters. The zero-order valence-electron chi connectivity index (χ0n) is 7.57. The maximum Gasteiger partial charge on any atom is 0.0173 e. The highest BCUT2D eigenvalue weighted by Crippen LogP contribution is 1.94. The molecule has 0 radical (unpaired) electrons. The molecule has 0 heterocycles. The molecule has 0 aliphatic carbocycles. The molecule has 0 aromatic rings. The Hall–Kier alpha value is -0.450. The van der Waals surface area contributed by atoms with E-state index in [1.165, 1.54) is 0 Å². The molecule has 68 valence electrons. The van der Waals surface area contributed by atoms with E-state index < -0.39 is 0 Å². The first-order valence-corrected chi connectivity index (χ1v) is 4.65. The van der Waals surface area contributed by atoms with E-state index in [1.807, 2.05) is 6.92 Å². The van der Waals surface area contributed by atoms with Crippen LogP contribution in [0.1, 0.15) is 26.2 Å². The van der Waals surface area contributed by atoms with E-state index in [0.29, 0.717) is 0 Å². The largest absolute Gasteiger partial charge is 0.313 e. The Morgan fingerprint density at radius 3 is 2.92 bits per heavy atom. The van der Waals surface area contributed by atoms with Gasteiger partial charge >= 0.3 is 0 Å². The summed E-state index contributed by atoms with van der Waals surface area (Å²) in [6, 6.07) is 0. The standard InChI is InChI=1S/C10H16ClN/c1-3-4-5-6-7-12-9-10(2)8-11/h1,8,12H,4-7,9H2,2H3. The number of halogens is 1. The van der Waals surface area contributed by atoms with Gasteiger partial charge in [0.15, 0.2) is 0 Å². The highest BCUT2D eigenvalue weighted by atomic mass is 35.5. The third kappa shape index (κ3) is 7.65. The van der Waals surface area contributed by atoms with Crippen molar-refractivity contribution in [2.75, 3.05) is 13.1 Å². The molecular formula is C10H16ClN. The fourth-order valence-corrected chi connectivity index (χ4v) is 0.878. The van der Waals surface area contributed by atoms with Crippen LogP contribution in [0.4, 0.5) is 0 Å². The molecule has 2 heteroatoms. The molecular weight excluding hydrogens is 170 g/mol. The van der Waals surface area contributed by atoms with Crippen molar-refractivity contribution >= 4 is 11.6 Å². The lowest BCUT2D eigenvalue weighted by Crippen LogP contribution is -2.17. The van der Waals surface area contributed by atoms with Crippen molar-refractivity contribution in [1.29, 1.82) is 0 Å². The fourth-order valence-electron chi connectivity index (χ4n) is 0.801. The molecule has 0 aliphatic heterocycles. The van der Waals surface area contributed by atoms with E-state index in [2.05, 4.69) is 11.2 Å². The van der Waals surface area contributed by atoms with Crippen LogP contribution in [0.5, 0.6) is 0 Å². The summed E-state index contributed by atoms with van der Waals surface area (Å²) in [5.41, 5.74) is 2.77. The summed E-state index contributed by atoms with van der Waals surface area (Å²) in [6.45, 7) is 3.89. The Balaban J connectivity index is 3.07. The molecule has 1 N–H and O–H groups in total. The summed E-state index contributed by atoms with van der Waals surface area (Å²) in [7, 11) is 0. The first-order chi connectivity index (χ1) is 5.81. The Labute approximate surface area is 80.2 Å². The molecule has 0 aromatic heterocycles. The smallest absolute Gasteiger partial charge is 0.0173 e. The molecule has 0 saturated carbocycles. The maximum atomic E-state index is 5.49. The predicted molar refractivity (Wildman–Crippen MR) is 55.2 cm³/mol. The Kier molecular flexibility index (Phi) is 8.32. The van der Waals surface area contributed by atoms with Crippen molar-refractivity contribution in [2.45, 2.75) is 26.2 Å². The van der Waals surface area contributed by atoms with Crippen LogP contribution >= 0.6 is 11.6 Å². The molecule has 0 bridgehead atoms. The average molecular weight is 186 g/mol. The Morgan fingerprint density at radius 1 is 1.58 bits per heavy atom. The highest BCUT2D eigenvalue weighted by Gasteiger charge is 1.88. The number of nitrogens with one attached hydrogen (secondary N) is 1. The predicted octanol–water partition coefficient (Wildman–Crippen LogP) is 2.52. The molecule has 12 heavy (non-hydrogen) atoms. The summed E-state index contributed by atoms with van der Waals surface area (Å²) in [5.74, 6) is 2.62. The molecule has 1 nitrogen and oxygen atoms in total. The van der Waals surface area contributed by atoms with Gasteiger partial charge in [0.25, 0.3) is 0 Å². The van der Waals surface area contributed by atoms with Gasteiger partial charge in [-0.2, -0.15) is 0 Å². The molecule has 0 aliphatic rings. The van der Waals surface area contributed by atoms with Gasteiger partial charge in [-0.15, -0.1) is 12.3 Å². The molecule has 0 fully saturated rings. The minimum absolute atomic E-state index is 0.875. The van der Waals surface area contributed by atoms with E-state index in [0.717, 1.165) is 37.9 Å². The number of rotatable bonds is 6. The van der Waals surface area contributed by atoms with Gasteiger partial charge in [-0.3, -0.25) is 0 Å². The second-order valence-electron chi connectivity index (χ2n) is 2.79. The summed E-state index contributed by atoms with van der Waals surface area (Å²) in [5, 5.41) is 3.27. The van der Waals surface area contributed by atoms with Crippen molar-refractivity contribution in [3.05, 3.63) is 11.1 Å². The fraction of sp³-hybridized carbons (Fsp3) is 0.600. The van der Waals surface area contributed by atoms with Gasteiger partial charge < -0.3 is 5.32 Å². The average Bonchev–Trinajstić information content (AvgIpc) is 2.10. The molecule has 0 saturated heterocycles. The first-order valence-electron chi connectivity index (χ1n) is 4.21. The Morgan fingerprint density at radius 2 is 2.33 bits per heavy atom. The van der Waals surface area contributed by atoms with Crippen LogP contribution in [0.2, 0.25) is 0 Å². The topological polar surface area (TPSA) is 12.0 Å². The van der Waals surface area contributed by atoms with Crippen LogP contribution in [0.25, 0.3) is 0 Å². The van der Waals surface area contributed by atoms with Gasteiger partial charge in [-0.25, -0.2) is 0 Å². The molecule has 0 aromatic carbocycles. The van der Waals surface area contributed by atoms with Crippen molar-refractivity contribution in [1.82, 2.24) is 5.32 Å². The molecule has 0 spiro atoms. The molecule has 0 amide bonds. The summed E-state index contributed by atoms with van der Waals surface area (Å²) < 4.78 is 0. The number of hydrogen-bond acceptors (Lipinski definition) is 1. The van der Waals surface area contributed by atoms with E-state index >= 15 is 0 Å². The SMILES string of the molecule is C#CCCCCNCC(C)=CCl. The normalized spacial score (nSPS) is 11.2. The van der Waals surface area contributed by atoms with E-state index in [4.69, 9.17) is 18.0 Å². The molecule has 0 atom stereocenters. The second-order valence-corrected chi connectivity index (χ2v) is 3.01. The number of hydrogen-bond donors (Lipinski definition) is 1. The number of terminal acetylenes is 1. The van der Waals surface area contributed by atoms with Crippen LogP contribution < -0.4 is 5.32 Å². The van der Waals surface area contributed by atoms with Gasteiger partial charge in [0.1, 0.15) is 0 Å². The van der Waals surface area contributed by atoms with Gasteiger partial charge in [-0.05, 0) is 31.9 Å². The zero-order valence-corrected chi connectivity index (χ0v) is 8.32. The van der Waals surface area contributed by atoms with Crippen molar-refractivity contribution in [2.24, 2.45) is 0 Å². The highest BCUT2D eigenvalue weighted by molar-refractivity contribution is 6.25. The van der Waals surface area contributed by atoms with Crippen LogP contribution in [0.15, 0.2) is 11.1 Å². The van der Waals surface area contributed by atoms with Gasteiger partial charge in [-0.1, -0.05) is 11.6 Å². The van der Waals surface area contributed by atoms with Gasteiger partial charge in [0.05, 0.1) is 0 Å². The minimum atomic E-state index is 0.875. The Bertz CT molecular complexity index is 167. The summed E-state index contributed by atoms with van der Waals surface area (Å²) in [6.07, 6.45) is 8.24. The van der Waals surface area contributed by atoms with Crippen molar-refractivity contribution in [3.63, 3.8) is 0 Å². The maximum absolute atomic E-state index is 5.49. The third-order valence-electron chi connectivity index (χ3n) is 1.51. The monoisotopic (exact) mass is 185 g/mol. The van der Waals surface area contributed by atoms with E-state index in [9.17, 15) is 0 Å². The van der Waals surface area contributed by atoms with Crippen LogP contribution in [-0.2, 0) is 0 Å². The lowest BCUT2D eigenvalue weighted by atomic mass is 10.2. The van der Waals surface area contributed by atoms with Crippen LogP contribution in [-0.4, -0.2) is 13.1 Å². The van der Waals surface area contributed by atoms with Crippen LogP contribution in [0, 0.1) is 12.3 Å². The summed E-state index contributed by atoms with van der Waals surface area (Å²) >= 11 is 5.49. The first kappa shape index (κ1) is 11.6. The second kappa shape index (κ2) is 8.64. The van der Waals surface area contributed by atoms with E-state index in [-0.39, 0.29) is 0 Å². The zero-order chi connectivity index (χ0) is 9.23. The molecule has 0 rings (SSSR count). The van der Waals surface area contributed by atoms with Crippen molar-refractivity contribution < 1.29 is 0 Å². The summed E-state index contributed by atoms with van der Waals surface area (Å²) in [4.78, 5) is 0. The lowest BCUT2D eigenvalue weighted by molar-refractivity contribution is 0.656. The van der Waals surface area contributed by atoms with Crippen LogP contribution in [0.3, 0.4) is 0 Å². The third-order valence-corrected chi connectivity index (χ3v) is 1.89. The van der Waals surface area contributed by atoms with Gasteiger partial charge in [0, 0.05) is 18.5 Å².